The van der Waals surface area contributed by atoms with E-state index in [1.54, 1.807) is 0 Å². The van der Waals surface area contributed by atoms with Crippen LogP contribution in [-0.4, -0.2) is 23.7 Å². The summed E-state index contributed by atoms with van der Waals surface area (Å²) in [5.41, 5.74) is 12.0. The van der Waals surface area contributed by atoms with Crippen LogP contribution in [0.3, 0.4) is 0 Å². The van der Waals surface area contributed by atoms with E-state index in [2.05, 4.69) is 88.6 Å². The van der Waals surface area contributed by atoms with E-state index in [0.717, 1.165) is 16.9 Å². The van der Waals surface area contributed by atoms with Gasteiger partial charge in [0.1, 0.15) is 6.54 Å². The molecule has 3 aromatic rings. The lowest BCUT2D eigenvalue weighted by Gasteiger charge is -2.22. The maximum Gasteiger partial charge on any atom is 0.322 e. The van der Waals surface area contributed by atoms with Crippen LogP contribution in [0.2, 0.25) is 0 Å². The fourth-order valence-electron chi connectivity index (χ4n) is 4.18. The molecule has 0 bridgehead atoms. The van der Waals surface area contributed by atoms with E-state index in [0.29, 0.717) is 6.04 Å². The van der Waals surface area contributed by atoms with E-state index in [1.165, 1.54) is 38.9 Å². The lowest BCUT2D eigenvalue weighted by Crippen LogP contribution is -2.12. The summed E-state index contributed by atoms with van der Waals surface area (Å²) in [5.74, 6) is -0.870. The molecule has 0 heterocycles. The van der Waals surface area contributed by atoms with Crippen LogP contribution in [0.4, 0.5) is 11.4 Å². The largest absolute Gasteiger partial charge is 0.480 e. The number of anilines is 2. The van der Waals surface area contributed by atoms with Crippen LogP contribution in [0.15, 0.2) is 48.5 Å². The zero-order chi connectivity index (χ0) is 22.7. The first-order valence-corrected chi connectivity index (χ1v) is 10.7. The Balaban J connectivity index is 1.99. The van der Waals surface area contributed by atoms with Gasteiger partial charge in [0.25, 0.3) is 0 Å². The minimum Gasteiger partial charge on any atom is -0.480 e. The molecule has 0 aliphatic heterocycles. The van der Waals surface area contributed by atoms with Crippen LogP contribution in [-0.2, 0) is 4.79 Å². The number of carbonyl (C=O) groups is 1. The number of rotatable bonds is 7. The molecule has 0 aromatic heterocycles. The molecule has 0 saturated carbocycles. The number of hydrogen-bond donors (Lipinski definition) is 3. The highest BCUT2D eigenvalue weighted by molar-refractivity contribution is 5.83. The molecule has 0 atom stereocenters. The lowest BCUT2D eigenvalue weighted by molar-refractivity contribution is -0.134. The third-order valence-electron chi connectivity index (χ3n) is 5.87. The number of carboxylic acid groups (broad SMARTS) is 1. The molecular weight excluding hydrogens is 384 g/mol. The molecule has 4 nitrogen and oxygen atoms in total. The first-order valence-electron chi connectivity index (χ1n) is 10.7. The van der Waals surface area contributed by atoms with Crippen molar-refractivity contribution in [3.8, 4) is 22.3 Å². The summed E-state index contributed by atoms with van der Waals surface area (Å²) in [5, 5.41) is 15.2. The zero-order valence-electron chi connectivity index (χ0n) is 19.3. The van der Waals surface area contributed by atoms with Crippen LogP contribution >= 0.6 is 0 Å². The first-order chi connectivity index (χ1) is 14.7. The molecule has 3 N–H and O–H groups in total. The van der Waals surface area contributed by atoms with E-state index >= 15 is 0 Å². The SMILES string of the molecule is Cc1c(C)c(-c2ccc(NC(C)C)cc2)c(C)c(C)c1-c1ccc(NCC(=O)O)cc1. The van der Waals surface area contributed by atoms with Crippen LogP contribution in [0.1, 0.15) is 36.1 Å². The quantitative estimate of drug-likeness (QED) is 0.407. The van der Waals surface area contributed by atoms with Gasteiger partial charge in [0, 0.05) is 17.4 Å². The van der Waals surface area contributed by atoms with Gasteiger partial charge in [-0.1, -0.05) is 24.3 Å². The van der Waals surface area contributed by atoms with Gasteiger partial charge in [0.2, 0.25) is 0 Å². The van der Waals surface area contributed by atoms with Gasteiger partial charge >= 0.3 is 5.97 Å². The summed E-state index contributed by atoms with van der Waals surface area (Å²) in [7, 11) is 0. The molecule has 162 valence electrons. The molecule has 0 aliphatic carbocycles. The third kappa shape index (κ3) is 4.91. The number of hydrogen-bond acceptors (Lipinski definition) is 3. The highest BCUT2D eigenvalue weighted by atomic mass is 16.4. The molecule has 0 radical (unpaired) electrons. The van der Waals surface area contributed by atoms with Gasteiger partial charge < -0.3 is 15.7 Å². The van der Waals surface area contributed by atoms with E-state index in [9.17, 15) is 4.79 Å². The molecule has 0 saturated heterocycles. The molecule has 3 rings (SSSR count). The van der Waals surface area contributed by atoms with Gasteiger partial charge in [0.15, 0.2) is 0 Å². The Morgan fingerprint density at radius 1 is 0.742 bits per heavy atom. The molecule has 0 unspecified atom stereocenters. The molecule has 0 spiro atoms. The maximum atomic E-state index is 10.8. The highest BCUT2D eigenvalue weighted by Crippen LogP contribution is 2.39. The minimum atomic E-state index is -0.870. The number of nitrogens with one attached hydrogen (secondary N) is 2. The van der Waals surface area contributed by atoms with E-state index < -0.39 is 5.97 Å². The topological polar surface area (TPSA) is 61.4 Å². The molecule has 31 heavy (non-hydrogen) atoms. The average molecular weight is 417 g/mol. The average Bonchev–Trinajstić information content (AvgIpc) is 2.73. The number of aliphatic carboxylic acids is 1. The standard InChI is InChI=1S/C27H32N2O2/c1-16(2)29-24-13-9-22(10-14-24)27-19(5)17(3)26(18(4)20(27)6)21-7-11-23(12-8-21)28-15-25(30)31/h7-14,16,28-29H,15H2,1-6H3,(H,30,31). The van der Waals surface area contributed by atoms with Crippen molar-refractivity contribution < 1.29 is 9.90 Å². The first kappa shape index (κ1) is 22.4. The summed E-state index contributed by atoms with van der Waals surface area (Å²) in [4.78, 5) is 10.8. The van der Waals surface area contributed by atoms with Crippen molar-refractivity contribution in [3.63, 3.8) is 0 Å². The summed E-state index contributed by atoms with van der Waals surface area (Å²) in [6.45, 7) is 13.0. The summed E-state index contributed by atoms with van der Waals surface area (Å²) < 4.78 is 0. The zero-order valence-corrected chi connectivity index (χ0v) is 19.3. The van der Waals surface area contributed by atoms with Crippen LogP contribution in [0, 0.1) is 27.7 Å². The van der Waals surface area contributed by atoms with Gasteiger partial charge in [-0.3, -0.25) is 4.79 Å². The Kier molecular flexibility index (Phi) is 6.69. The Labute approximate surface area is 185 Å². The van der Waals surface area contributed by atoms with Crippen molar-refractivity contribution in [2.24, 2.45) is 0 Å². The van der Waals surface area contributed by atoms with Crippen molar-refractivity contribution in [3.05, 3.63) is 70.8 Å². The molecule has 0 aliphatic rings. The number of carboxylic acids is 1. The van der Waals surface area contributed by atoms with Gasteiger partial charge in [0.05, 0.1) is 0 Å². The Hall–Kier alpha value is -3.27. The summed E-state index contributed by atoms with van der Waals surface area (Å²) in [6.07, 6.45) is 0. The van der Waals surface area contributed by atoms with Crippen molar-refractivity contribution >= 4 is 17.3 Å². The minimum absolute atomic E-state index is 0.0875. The van der Waals surface area contributed by atoms with Crippen LogP contribution in [0.5, 0.6) is 0 Å². The highest BCUT2D eigenvalue weighted by Gasteiger charge is 2.17. The second kappa shape index (κ2) is 9.25. The van der Waals surface area contributed by atoms with Gasteiger partial charge in [-0.05, 0) is 110 Å². The fourth-order valence-corrected chi connectivity index (χ4v) is 4.18. The monoisotopic (exact) mass is 416 g/mol. The van der Waals surface area contributed by atoms with E-state index in [4.69, 9.17) is 5.11 Å². The smallest absolute Gasteiger partial charge is 0.322 e. The second-order valence-electron chi connectivity index (χ2n) is 8.45. The van der Waals surface area contributed by atoms with Crippen LogP contribution in [0.25, 0.3) is 22.3 Å². The molecular formula is C27H32N2O2. The summed E-state index contributed by atoms with van der Waals surface area (Å²) >= 11 is 0. The van der Waals surface area contributed by atoms with Crippen molar-refractivity contribution in [2.45, 2.75) is 47.6 Å². The van der Waals surface area contributed by atoms with Crippen molar-refractivity contribution in [1.29, 1.82) is 0 Å². The number of benzene rings is 3. The van der Waals surface area contributed by atoms with E-state index in [-0.39, 0.29) is 6.54 Å². The molecule has 0 amide bonds. The molecule has 3 aromatic carbocycles. The van der Waals surface area contributed by atoms with Gasteiger partial charge in [-0.2, -0.15) is 0 Å². The lowest BCUT2D eigenvalue weighted by atomic mass is 9.83. The molecule has 0 fully saturated rings. The fraction of sp³-hybridized carbons (Fsp3) is 0.296. The van der Waals surface area contributed by atoms with Crippen molar-refractivity contribution in [2.75, 3.05) is 17.2 Å². The van der Waals surface area contributed by atoms with Gasteiger partial charge in [-0.15, -0.1) is 0 Å². The second-order valence-corrected chi connectivity index (χ2v) is 8.45. The Morgan fingerprint density at radius 3 is 1.48 bits per heavy atom. The third-order valence-corrected chi connectivity index (χ3v) is 5.87. The molecule has 4 heteroatoms. The predicted octanol–water partition coefficient (Wildman–Crippen LogP) is 6.57. The predicted molar refractivity (Wildman–Crippen MR) is 131 cm³/mol. The summed E-state index contributed by atoms with van der Waals surface area (Å²) in [6, 6.07) is 17.1. The van der Waals surface area contributed by atoms with Crippen molar-refractivity contribution in [1.82, 2.24) is 0 Å². The Morgan fingerprint density at radius 2 is 1.13 bits per heavy atom. The van der Waals surface area contributed by atoms with Gasteiger partial charge in [-0.25, -0.2) is 0 Å². The van der Waals surface area contributed by atoms with Crippen LogP contribution < -0.4 is 10.6 Å². The maximum absolute atomic E-state index is 10.8. The normalized spacial score (nSPS) is 10.9. The van der Waals surface area contributed by atoms with E-state index in [1.807, 2.05) is 12.1 Å². The Bertz CT molecular complexity index is 1050.